The van der Waals surface area contributed by atoms with Crippen LogP contribution in [0.15, 0.2) is 50.5 Å². The third-order valence-corrected chi connectivity index (χ3v) is 7.30. The zero-order chi connectivity index (χ0) is 21.6. The molecule has 0 atom stereocenters. The van der Waals surface area contributed by atoms with Crippen LogP contribution >= 0.6 is 11.3 Å². The van der Waals surface area contributed by atoms with E-state index in [2.05, 4.69) is 15.5 Å². The van der Waals surface area contributed by atoms with Crippen LogP contribution in [0.2, 0.25) is 0 Å². The van der Waals surface area contributed by atoms with E-state index in [0.29, 0.717) is 42.5 Å². The van der Waals surface area contributed by atoms with E-state index in [1.54, 1.807) is 48.7 Å². The highest BCUT2D eigenvalue weighted by atomic mass is 32.2. The Balaban J connectivity index is 1.43. The summed E-state index contributed by atoms with van der Waals surface area (Å²) in [6.45, 7) is 2.08. The number of ether oxygens (including phenoxy) is 1. The number of nitrogens with zero attached hydrogens (tertiary/aromatic N) is 3. The van der Waals surface area contributed by atoms with Gasteiger partial charge < -0.3 is 14.6 Å². The first-order valence-corrected chi connectivity index (χ1v) is 11.5. The smallest absolute Gasteiger partial charge is 0.273 e. The Morgan fingerprint density at radius 1 is 1.27 bits per heavy atom. The first kappa shape index (κ1) is 21.8. The van der Waals surface area contributed by atoms with Crippen LogP contribution in [0.3, 0.4) is 0 Å². The number of carbonyl (C=O) groups is 1. The number of anilines is 1. The van der Waals surface area contributed by atoms with Gasteiger partial charge in [-0.2, -0.15) is 4.98 Å². The number of rotatable bonds is 10. The molecule has 160 valence electrons. The number of nitrogens with one attached hydrogen (secondary N) is 1. The summed E-state index contributed by atoms with van der Waals surface area (Å²) in [5, 5.41) is 8.18. The molecule has 0 spiro atoms. The summed E-state index contributed by atoms with van der Waals surface area (Å²) >= 11 is 1.16. The van der Waals surface area contributed by atoms with Crippen LogP contribution in [0.25, 0.3) is 0 Å². The number of sulfonamides is 1. The lowest BCUT2D eigenvalue weighted by atomic mass is 10.3. The van der Waals surface area contributed by atoms with Gasteiger partial charge in [0.2, 0.25) is 5.89 Å². The molecule has 2 heterocycles. The number of hydrogen-bond donors (Lipinski definition) is 1. The molecule has 0 bridgehead atoms. The lowest BCUT2D eigenvalue weighted by Gasteiger charge is -2.18. The van der Waals surface area contributed by atoms with Crippen LogP contribution in [-0.4, -0.2) is 44.7 Å². The minimum atomic E-state index is -3.59. The largest absolute Gasteiger partial charge is 0.484 e. The Morgan fingerprint density at radius 3 is 2.67 bits per heavy atom. The third-order valence-electron chi connectivity index (χ3n) is 4.14. The van der Waals surface area contributed by atoms with Gasteiger partial charge in [-0.1, -0.05) is 11.2 Å². The fraction of sp³-hybridized carbons (Fsp3) is 0.316. The Morgan fingerprint density at radius 2 is 2.03 bits per heavy atom. The fourth-order valence-corrected chi connectivity index (χ4v) is 4.90. The van der Waals surface area contributed by atoms with E-state index >= 15 is 0 Å². The van der Waals surface area contributed by atoms with Crippen molar-refractivity contribution in [2.45, 2.75) is 24.0 Å². The number of hydrogen-bond acceptors (Lipinski definition) is 8. The van der Waals surface area contributed by atoms with Gasteiger partial charge in [-0.25, -0.2) is 8.42 Å². The van der Waals surface area contributed by atoms with Crippen LogP contribution < -0.4 is 14.4 Å². The molecule has 3 aromatic rings. The number of thiophene rings is 1. The van der Waals surface area contributed by atoms with Crippen LogP contribution in [0.4, 0.5) is 5.69 Å². The van der Waals surface area contributed by atoms with E-state index < -0.39 is 10.0 Å². The highest BCUT2D eigenvalue weighted by molar-refractivity contribution is 7.94. The second-order valence-corrected chi connectivity index (χ2v) is 9.52. The van der Waals surface area contributed by atoms with Gasteiger partial charge in [-0.05, 0) is 49.1 Å². The first-order chi connectivity index (χ1) is 14.4. The van der Waals surface area contributed by atoms with Crippen LogP contribution in [-0.2, 0) is 21.2 Å². The summed E-state index contributed by atoms with van der Waals surface area (Å²) in [6, 6.07) is 9.77. The molecule has 0 radical (unpaired) electrons. The molecule has 0 aliphatic carbocycles. The van der Waals surface area contributed by atoms with Gasteiger partial charge in [-0.3, -0.25) is 9.10 Å². The van der Waals surface area contributed by atoms with Crippen LogP contribution in [0, 0.1) is 6.92 Å². The molecule has 1 aromatic carbocycles. The minimum Gasteiger partial charge on any atom is -0.484 e. The lowest BCUT2D eigenvalue weighted by Crippen LogP contribution is -2.30. The topological polar surface area (TPSA) is 115 Å². The molecular weight excluding hydrogens is 428 g/mol. The average molecular weight is 451 g/mol. The second kappa shape index (κ2) is 9.72. The molecule has 0 saturated heterocycles. The molecule has 2 aromatic heterocycles. The van der Waals surface area contributed by atoms with E-state index in [4.69, 9.17) is 9.26 Å². The standard InChI is InChI=1S/C19H22N4O5S2/c1-14-21-18(28-22-14)5-3-11-20-17(24)13-27-16-9-7-15(8-10-16)23(2)30(25,26)19-6-4-12-29-19/h4,6-10,12H,3,5,11,13H2,1-2H3,(H,20,24). The molecule has 9 nitrogen and oxygen atoms in total. The highest BCUT2D eigenvalue weighted by Crippen LogP contribution is 2.26. The number of benzene rings is 1. The number of amides is 1. The van der Waals surface area contributed by atoms with E-state index in [1.165, 1.54) is 11.4 Å². The quantitative estimate of drug-likeness (QED) is 0.472. The zero-order valence-electron chi connectivity index (χ0n) is 16.6. The predicted octanol–water partition coefficient (Wildman–Crippen LogP) is 2.39. The maximum absolute atomic E-state index is 12.5. The molecule has 0 saturated carbocycles. The summed E-state index contributed by atoms with van der Waals surface area (Å²) in [5.74, 6) is 1.35. The SMILES string of the molecule is Cc1noc(CCCNC(=O)COc2ccc(N(C)S(=O)(=O)c3cccs3)cc2)n1. The average Bonchev–Trinajstić information content (AvgIpc) is 3.42. The van der Waals surface area contributed by atoms with Gasteiger partial charge >= 0.3 is 0 Å². The highest BCUT2D eigenvalue weighted by Gasteiger charge is 2.22. The summed E-state index contributed by atoms with van der Waals surface area (Å²) < 4.78 is 37.0. The van der Waals surface area contributed by atoms with Gasteiger partial charge in [0.25, 0.3) is 15.9 Å². The monoisotopic (exact) mass is 450 g/mol. The fourth-order valence-electron chi connectivity index (χ4n) is 2.55. The van der Waals surface area contributed by atoms with E-state index in [-0.39, 0.29) is 16.7 Å². The van der Waals surface area contributed by atoms with Gasteiger partial charge in [0.15, 0.2) is 12.4 Å². The van der Waals surface area contributed by atoms with Crippen molar-refractivity contribution in [3.63, 3.8) is 0 Å². The third kappa shape index (κ3) is 5.57. The van der Waals surface area contributed by atoms with Gasteiger partial charge in [0.1, 0.15) is 9.96 Å². The molecule has 0 unspecified atom stereocenters. The number of aryl methyl sites for hydroxylation is 2. The normalized spacial score (nSPS) is 11.3. The Kier molecular flexibility index (Phi) is 7.06. The van der Waals surface area contributed by atoms with Crippen molar-refractivity contribution >= 4 is 33.0 Å². The predicted molar refractivity (Wildman–Crippen MR) is 112 cm³/mol. The van der Waals surface area contributed by atoms with Crippen molar-refractivity contribution in [1.82, 2.24) is 15.5 Å². The zero-order valence-corrected chi connectivity index (χ0v) is 18.2. The Hall–Kier alpha value is -2.92. The van der Waals surface area contributed by atoms with Gasteiger partial charge in [0, 0.05) is 20.0 Å². The molecule has 0 aliphatic rings. The van der Waals surface area contributed by atoms with Crippen molar-refractivity contribution < 1.29 is 22.5 Å². The van der Waals surface area contributed by atoms with Crippen molar-refractivity contribution in [2.24, 2.45) is 0 Å². The number of carbonyl (C=O) groups excluding carboxylic acids is 1. The van der Waals surface area contributed by atoms with Crippen molar-refractivity contribution in [3.8, 4) is 5.75 Å². The van der Waals surface area contributed by atoms with E-state index in [1.807, 2.05) is 0 Å². The van der Waals surface area contributed by atoms with Crippen LogP contribution in [0.1, 0.15) is 18.1 Å². The summed E-state index contributed by atoms with van der Waals surface area (Å²) in [6.07, 6.45) is 1.26. The van der Waals surface area contributed by atoms with E-state index in [9.17, 15) is 13.2 Å². The Bertz CT molecular complexity index is 1060. The molecule has 1 amide bonds. The van der Waals surface area contributed by atoms with Gasteiger partial charge in [-0.15, -0.1) is 11.3 Å². The lowest BCUT2D eigenvalue weighted by molar-refractivity contribution is -0.123. The minimum absolute atomic E-state index is 0.137. The molecule has 0 aliphatic heterocycles. The second-order valence-electron chi connectivity index (χ2n) is 6.38. The van der Waals surface area contributed by atoms with E-state index in [0.717, 1.165) is 11.3 Å². The molecule has 30 heavy (non-hydrogen) atoms. The molecular formula is C19H22N4O5S2. The summed E-state index contributed by atoms with van der Waals surface area (Å²) in [5.41, 5.74) is 0.497. The van der Waals surface area contributed by atoms with Crippen LogP contribution in [0.5, 0.6) is 5.75 Å². The summed E-state index contributed by atoms with van der Waals surface area (Å²) in [7, 11) is -2.09. The van der Waals surface area contributed by atoms with Crippen molar-refractivity contribution in [2.75, 3.05) is 24.5 Å². The molecule has 3 rings (SSSR count). The maximum atomic E-state index is 12.5. The number of aromatic nitrogens is 2. The summed E-state index contributed by atoms with van der Waals surface area (Å²) in [4.78, 5) is 16.0. The van der Waals surface area contributed by atoms with Crippen molar-refractivity contribution in [1.29, 1.82) is 0 Å². The molecule has 0 fully saturated rings. The maximum Gasteiger partial charge on any atom is 0.273 e. The molecule has 1 N–H and O–H groups in total. The van der Waals surface area contributed by atoms with Crippen molar-refractivity contribution in [3.05, 3.63) is 53.5 Å². The van der Waals surface area contributed by atoms with Gasteiger partial charge in [0.05, 0.1) is 5.69 Å². The molecule has 11 heteroatoms. The first-order valence-electron chi connectivity index (χ1n) is 9.17. The Labute approximate surface area is 178 Å².